The Balaban J connectivity index is 1.81. The smallest absolute Gasteiger partial charge is 0.238 e. The zero-order valence-corrected chi connectivity index (χ0v) is 13.9. The molecule has 5 nitrogen and oxygen atoms in total. The highest BCUT2D eigenvalue weighted by Crippen LogP contribution is 2.26. The highest BCUT2D eigenvalue weighted by molar-refractivity contribution is 6.02. The number of piperidine rings is 1. The molecule has 1 amide bonds. The summed E-state index contributed by atoms with van der Waals surface area (Å²) in [6, 6.07) is 9.85. The molecule has 0 spiro atoms. The summed E-state index contributed by atoms with van der Waals surface area (Å²) in [6.45, 7) is 2.51. The minimum Gasteiger partial charge on any atom is -0.363 e. The Morgan fingerprint density at radius 1 is 1.22 bits per heavy atom. The van der Waals surface area contributed by atoms with Gasteiger partial charge in [0, 0.05) is 25.5 Å². The van der Waals surface area contributed by atoms with Crippen LogP contribution in [0.25, 0.3) is 10.9 Å². The number of rotatable bonds is 4. The molecule has 0 bridgehead atoms. The maximum absolute atomic E-state index is 12.4. The number of amides is 1. The first-order valence-corrected chi connectivity index (χ1v) is 8.23. The molecule has 1 aromatic carbocycles. The quantitative estimate of drug-likeness (QED) is 0.943. The normalized spacial score (nSPS) is 15.6. The Bertz CT molecular complexity index is 692. The van der Waals surface area contributed by atoms with Crippen molar-refractivity contribution in [3.8, 4) is 0 Å². The van der Waals surface area contributed by atoms with Gasteiger partial charge in [0.15, 0.2) is 0 Å². The van der Waals surface area contributed by atoms with Crippen molar-refractivity contribution in [1.29, 1.82) is 0 Å². The second-order valence-corrected chi connectivity index (χ2v) is 6.32. The van der Waals surface area contributed by atoms with Crippen LogP contribution in [0.1, 0.15) is 19.3 Å². The monoisotopic (exact) mass is 312 g/mol. The molecule has 23 heavy (non-hydrogen) atoms. The molecule has 0 unspecified atom stereocenters. The lowest BCUT2D eigenvalue weighted by Crippen LogP contribution is -2.36. The predicted molar refractivity (Wildman–Crippen MR) is 95.0 cm³/mol. The van der Waals surface area contributed by atoms with Crippen molar-refractivity contribution in [2.75, 3.05) is 43.9 Å². The summed E-state index contributed by atoms with van der Waals surface area (Å²) in [7, 11) is 3.91. The third kappa shape index (κ3) is 3.79. The first-order valence-electron chi connectivity index (χ1n) is 8.23. The molecule has 0 atom stereocenters. The van der Waals surface area contributed by atoms with Gasteiger partial charge in [0.05, 0.1) is 17.7 Å². The van der Waals surface area contributed by atoms with Crippen molar-refractivity contribution >= 4 is 28.3 Å². The lowest BCUT2D eigenvalue weighted by atomic mass is 10.1. The van der Waals surface area contributed by atoms with Crippen LogP contribution in [0.3, 0.4) is 0 Å². The molecule has 1 aromatic heterocycles. The average Bonchev–Trinajstić information content (AvgIpc) is 2.55. The van der Waals surface area contributed by atoms with E-state index >= 15 is 0 Å². The Kier molecular flexibility index (Phi) is 4.76. The molecular weight excluding hydrogens is 288 g/mol. The van der Waals surface area contributed by atoms with Crippen molar-refractivity contribution in [1.82, 2.24) is 9.88 Å². The summed E-state index contributed by atoms with van der Waals surface area (Å²) in [5.41, 5.74) is 1.73. The fourth-order valence-corrected chi connectivity index (χ4v) is 3.00. The zero-order valence-electron chi connectivity index (χ0n) is 13.9. The fourth-order valence-electron chi connectivity index (χ4n) is 3.00. The summed E-state index contributed by atoms with van der Waals surface area (Å²) in [5, 5.41) is 4.06. The molecule has 2 aromatic rings. The van der Waals surface area contributed by atoms with E-state index in [0.717, 1.165) is 35.5 Å². The maximum atomic E-state index is 12.4. The zero-order chi connectivity index (χ0) is 16.2. The van der Waals surface area contributed by atoms with Gasteiger partial charge in [-0.2, -0.15) is 0 Å². The molecule has 5 heteroatoms. The molecule has 0 radical (unpaired) electrons. The van der Waals surface area contributed by atoms with Crippen LogP contribution in [0.2, 0.25) is 0 Å². The van der Waals surface area contributed by atoms with E-state index < -0.39 is 0 Å². The van der Waals surface area contributed by atoms with Crippen molar-refractivity contribution in [3.63, 3.8) is 0 Å². The van der Waals surface area contributed by atoms with Crippen LogP contribution in [0, 0.1) is 0 Å². The second kappa shape index (κ2) is 6.96. The number of pyridine rings is 1. The summed E-state index contributed by atoms with van der Waals surface area (Å²) in [5.74, 6) is 0.893. The third-order valence-corrected chi connectivity index (χ3v) is 4.25. The molecule has 3 rings (SSSR count). The highest BCUT2D eigenvalue weighted by Gasteiger charge is 2.15. The Morgan fingerprint density at radius 2 is 1.96 bits per heavy atom. The highest BCUT2D eigenvalue weighted by atomic mass is 16.2. The number of carbonyl (C=O) groups is 1. The number of benzene rings is 1. The number of para-hydroxylation sites is 1. The van der Waals surface area contributed by atoms with Gasteiger partial charge in [0.1, 0.15) is 5.82 Å². The Morgan fingerprint density at radius 3 is 2.70 bits per heavy atom. The van der Waals surface area contributed by atoms with Gasteiger partial charge in [-0.05, 0) is 32.0 Å². The molecule has 1 aliphatic rings. The summed E-state index contributed by atoms with van der Waals surface area (Å²) >= 11 is 0. The van der Waals surface area contributed by atoms with Crippen LogP contribution in [0.4, 0.5) is 11.5 Å². The molecule has 1 saturated heterocycles. The van der Waals surface area contributed by atoms with Gasteiger partial charge < -0.3 is 10.2 Å². The van der Waals surface area contributed by atoms with Crippen LogP contribution >= 0.6 is 0 Å². The summed E-state index contributed by atoms with van der Waals surface area (Å²) in [4.78, 5) is 21.2. The first kappa shape index (κ1) is 15.7. The van der Waals surface area contributed by atoms with Crippen molar-refractivity contribution < 1.29 is 4.79 Å². The summed E-state index contributed by atoms with van der Waals surface area (Å²) < 4.78 is 0. The van der Waals surface area contributed by atoms with E-state index in [1.54, 1.807) is 0 Å². The van der Waals surface area contributed by atoms with E-state index in [-0.39, 0.29) is 5.91 Å². The van der Waals surface area contributed by atoms with Crippen molar-refractivity contribution in [2.45, 2.75) is 19.3 Å². The van der Waals surface area contributed by atoms with Crippen LogP contribution < -0.4 is 10.2 Å². The fraction of sp³-hybridized carbons (Fsp3) is 0.444. The minimum atomic E-state index is 0.0490. The van der Waals surface area contributed by atoms with Gasteiger partial charge >= 0.3 is 0 Å². The van der Waals surface area contributed by atoms with Gasteiger partial charge in [-0.25, -0.2) is 4.98 Å². The van der Waals surface area contributed by atoms with Crippen molar-refractivity contribution in [2.24, 2.45) is 0 Å². The van der Waals surface area contributed by atoms with Crippen LogP contribution in [-0.4, -0.2) is 49.5 Å². The number of aromatic nitrogens is 1. The maximum Gasteiger partial charge on any atom is 0.238 e. The number of carbonyl (C=O) groups excluding carboxylic acids is 1. The lowest BCUT2D eigenvalue weighted by Gasteiger charge is -2.25. The standard InChI is InChI=1S/C18H24N4O/c1-21(2)17-12-16(14-8-4-5-9-15(14)19-17)20-18(23)13-22-10-6-3-7-11-22/h4-5,8-9,12H,3,6-7,10-11,13H2,1-2H3,(H,19,20,23). The molecule has 1 aliphatic heterocycles. The van der Waals surface area contributed by atoms with E-state index in [1.165, 1.54) is 19.3 Å². The Hall–Kier alpha value is -2.14. The largest absolute Gasteiger partial charge is 0.363 e. The third-order valence-electron chi connectivity index (χ3n) is 4.25. The van der Waals surface area contributed by atoms with Gasteiger partial charge in [0.2, 0.25) is 5.91 Å². The second-order valence-electron chi connectivity index (χ2n) is 6.32. The molecule has 1 N–H and O–H groups in total. The number of hydrogen-bond donors (Lipinski definition) is 1. The van der Waals surface area contributed by atoms with Crippen LogP contribution in [0.5, 0.6) is 0 Å². The average molecular weight is 312 g/mol. The van der Waals surface area contributed by atoms with E-state index in [1.807, 2.05) is 49.3 Å². The molecule has 2 heterocycles. The number of fused-ring (bicyclic) bond motifs is 1. The number of anilines is 2. The number of nitrogens with zero attached hydrogens (tertiary/aromatic N) is 3. The SMILES string of the molecule is CN(C)c1cc(NC(=O)CN2CCCCC2)c2ccccc2n1. The molecule has 122 valence electrons. The van der Waals surface area contributed by atoms with Gasteiger partial charge in [0.25, 0.3) is 0 Å². The molecule has 0 aliphatic carbocycles. The lowest BCUT2D eigenvalue weighted by molar-refractivity contribution is -0.117. The minimum absolute atomic E-state index is 0.0490. The molecular formula is C18H24N4O. The number of likely N-dealkylation sites (tertiary alicyclic amines) is 1. The van der Waals surface area contributed by atoms with Gasteiger partial charge in [-0.3, -0.25) is 9.69 Å². The van der Waals surface area contributed by atoms with E-state index in [9.17, 15) is 4.79 Å². The van der Waals surface area contributed by atoms with E-state index in [0.29, 0.717) is 6.54 Å². The van der Waals surface area contributed by atoms with Crippen LogP contribution in [0.15, 0.2) is 30.3 Å². The van der Waals surface area contributed by atoms with Crippen LogP contribution in [-0.2, 0) is 4.79 Å². The Labute approximate surface area is 137 Å². The van der Waals surface area contributed by atoms with E-state index in [4.69, 9.17) is 0 Å². The topological polar surface area (TPSA) is 48.5 Å². The molecule has 0 saturated carbocycles. The van der Waals surface area contributed by atoms with Gasteiger partial charge in [-0.1, -0.05) is 24.6 Å². The summed E-state index contributed by atoms with van der Waals surface area (Å²) in [6.07, 6.45) is 3.66. The predicted octanol–water partition coefficient (Wildman–Crippen LogP) is 2.73. The number of hydrogen-bond acceptors (Lipinski definition) is 4. The van der Waals surface area contributed by atoms with E-state index in [2.05, 4.69) is 15.2 Å². The van der Waals surface area contributed by atoms with Crippen molar-refractivity contribution in [3.05, 3.63) is 30.3 Å². The van der Waals surface area contributed by atoms with Gasteiger partial charge in [-0.15, -0.1) is 0 Å². The molecule has 1 fully saturated rings. The number of nitrogens with one attached hydrogen (secondary N) is 1. The first-order chi connectivity index (χ1) is 11.1.